The highest BCUT2D eigenvalue weighted by Crippen LogP contribution is 2.34. The Kier molecular flexibility index (Phi) is 6.72. The van der Waals surface area contributed by atoms with Crippen LogP contribution in [-0.2, 0) is 16.1 Å². The monoisotopic (exact) mass is 518 g/mol. The first-order chi connectivity index (χ1) is 18.0. The van der Waals surface area contributed by atoms with Crippen LogP contribution in [0.1, 0.15) is 11.8 Å². The second-order valence-corrected chi connectivity index (χ2v) is 10.7. The number of piperazine rings is 1. The second-order valence-electron chi connectivity index (χ2n) is 9.60. The SMILES string of the molecule is CC(O)C(=O)N1CCN(Cc2cc3c(N4CCOCC4)nc(-c4cnc5ccccc5c4)nc3s2)CC1. The van der Waals surface area contributed by atoms with E-state index >= 15 is 0 Å². The molecule has 0 saturated carbocycles. The van der Waals surface area contributed by atoms with Gasteiger partial charge in [-0.25, -0.2) is 9.97 Å². The Balaban J connectivity index is 1.31. The van der Waals surface area contributed by atoms with E-state index in [1.54, 1.807) is 16.2 Å². The van der Waals surface area contributed by atoms with Gasteiger partial charge in [-0.3, -0.25) is 14.7 Å². The fourth-order valence-electron chi connectivity index (χ4n) is 4.98. The van der Waals surface area contributed by atoms with Crippen LogP contribution in [0.25, 0.3) is 32.5 Å². The molecular weight excluding hydrogens is 488 g/mol. The van der Waals surface area contributed by atoms with Crippen LogP contribution in [0.3, 0.4) is 0 Å². The summed E-state index contributed by atoms with van der Waals surface area (Å²) in [5.41, 5.74) is 1.86. The number of hydrogen-bond acceptors (Lipinski definition) is 9. The average molecular weight is 519 g/mol. The number of para-hydroxylation sites is 1. The summed E-state index contributed by atoms with van der Waals surface area (Å²) < 4.78 is 5.60. The molecule has 2 saturated heterocycles. The Morgan fingerprint density at radius 3 is 2.65 bits per heavy atom. The normalized spacial score (nSPS) is 18.0. The second kappa shape index (κ2) is 10.3. The summed E-state index contributed by atoms with van der Waals surface area (Å²) in [6.07, 6.45) is 0.910. The summed E-state index contributed by atoms with van der Waals surface area (Å²) in [6.45, 7) is 8.12. The molecule has 4 aromatic rings. The molecule has 0 bridgehead atoms. The molecule has 5 heterocycles. The number of aromatic nitrogens is 3. The van der Waals surface area contributed by atoms with Gasteiger partial charge < -0.3 is 19.6 Å². The summed E-state index contributed by atoms with van der Waals surface area (Å²) in [5, 5.41) is 11.8. The number of aliphatic hydroxyl groups excluding tert-OH is 1. The fourth-order valence-corrected chi connectivity index (χ4v) is 6.05. The van der Waals surface area contributed by atoms with E-state index in [-0.39, 0.29) is 5.91 Å². The lowest BCUT2D eigenvalue weighted by Crippen LogP contribution is -2.50. The molecule has 3 aromatic heterocycles. The minimum atomic E-state index is -0.946. The quantitative estimate of drug-likeness (QED) is 0.431. The van der Waals surface area contributed by atoms with Crippen LogP contribution in [0.2, 0.25) is 0 Å². The lowest BCUT2D eigenvalue weighted by atomic mass is 10.1. The Hall–Kier alpha value is -3.18. The maximum atomic E-state index is 12.1. The van der Waals surface area contributed by atoms with Crippen molar-refractivity contribution in [1.29, 1.82) is 0 Å². The van der Waals surface area contributed by atoms with Crippen LogP contribution in [0, 0.1) is 0 Å². The number of anilines is 1. The minimum Gasteiger partial charge on any atom is -0.384 e. The molecule has 6 rings (SSSR count). The van der Waals surface area contributed by atoms with Crippen molar-refractivity contribution >= 4 is 44.2 Å². The van der Waals surface area contributed by atoms with Crippen molar-refractivity contribution in [2.24, 2.45) is 0 Å². The van der Waals surface area contributed by atoms with Crippen LogP contribution in [0.15, 0.2) is 42.6 Å². The minimum absolute atomic E-state index is 0.192. The number of carbonyl (C=O) groups excluding carboxylic acids is 1. The summed E-state index contributed by atoms with van der Waals surface area (Å²) in [4.78, 5) is 35.4. The van der Waals surface area contributed by atoms with E-state index in [2.05, 4.69) is 33.0 Å². The van der Waals surface area contributed by atoms with Crippen molar-refractivity contribution in [2.45, 2.75) is 19.6 Å². The van der Waals surface area contributed by atoms with Crippen molar-refractivity contribution in [3.05, 3.63) is 47.5 Å². The van der Waals surface area contributed by atoms with Crippen LogP contribution < -0.4 is 4.90 Å². The predicted molar refractivity (Wildman–Crippen MR) is 145 cm³/mol. The Morgan fingerprint density at radius 2 is 1.86 bits per heavy atom. The van der Waals surface area contributed by atoms with Gasteiger partial charge in [0.15, 0.2) is 5.82 Å². The van der Waals surface area contributed by atoms with Crippen LogP contribution >= 0.6 is 11.3 Å². The lowest BCUT2D eigenvalue weighted by Gasteiger charge is -2.35. The molecule has 192 valence electrons. The summed E-state index contributed by atoms with van der Waals surface area (Å²) in [6, 6.07) is 12.4. The molecule has 2 aliphatic rings. The standard InChI is InChI=1S/C27H30N6O3S/c1-18(34)27(35)33-8-6-31(7-9-33)17-21-15-22-25(32-10-12-36-13-11-32)29-24(30-26(22)37-21)20-14-19-4-2-3-5-23(19)28-16-20/h2-5,14-16,18,34H,6-13,17H2,1H3. The van der Waals surface area contributed by atoms with Gasteiger partial charge in [-0.05, 0) is 25.1 Å². The molecule has 2 aliphatic heterocycles. The largest absolute Gasteiger partial charge is 0.384 e. The molecule has 10 heteroatoms. The Labute approximate surface area is 219 Å². The van der Waals surface area contributed by atoms with Crippen molar-refractivity contribution < 1.29 is 14.6 Å². The third-order valence-corrected chi connectivity index (χ3v) is 8.02. The first kappa shape index (κ1) is 24.2. The van der Waals surface area contributed by atoms with Crippen LogP contribution in [-0.4, -0.2) is 94.4 Å². The number of thiophene rings is 1. The zero-order valence-corrected chi connectivity index (χ0v) is 21.7. The zero-order valence-electron chi connectivity index (χ0n) is 20.8. The zero-order chi connectivity index (χ0) is 25.4. The van der Waals surface area contributed by atoms with E-state index in [0.29, 0.717) is 32.1 Å². The maximum absolute atomic E-state index is 12.1. The topological polar surface area (TPSA) is 94.9 Å². The number of aliphatic hydroxyl groups is 1. The molecule has 0 spiro atoms. The van der Waals surface area contributed by atoms with Crippen molar-refractivity contribution in [3.63, 3.8) is 0 Å². The van der Waals surface area contributed by atoms with Gasteiger partial charge in [-0.15, -0.1) is 11.3 Å². The van der Waals surface area contributed by atoms with Crippen LogP contribution in [0.4, 0.5) is 5.82 Å². The van der Waals surface area contributed by atoms with E-state index in [9.17, 15) is 9.90 Å². The van der Waals surface area contributed by atoms with Gasteiger partial charge in [0.1, 0.15) is 16.8 Å². The average Bonchev–Trinajstić information content (AvgIpc) is 3.35. The number of morpholine rings is 1. The van der Waals surface area contributed by atoms with Gasteiger partial charge in [-0.2, -0.15) is 0 Å². The number of amides is 1. The molecule has 2 fully saturated rings. The number of carbonyl (C=O) groups is 1. The number of nitrogens with zero attached hydrogens (tertiary/aromatic N) is 6. The molecule has 0 aliphatic carbocycles. The molecule has 1 unspecified atom stereocenters. The first-order valence-electron chi connectivity index (χ1n) is 12.7. The molecule has 0 radical (unpaired) electrons. The number of rotatable bonds is 5. The van der Waals surface area contributed by atoms with E-state index < -0.39 is 6.10 Å². The van der Waals surface area contributed by atoms with Gasteiger partial charge >= 0.3 is 0 Å². The maximum Gasteiger partial charge on any atom is 0.251 e. The Morgan fingerprint density at radius 1 is 1.08 bits per heavy atom. The molecular formula is C27H30N6O3S. The molecule has 9 nitrogen and oxygen atoms in total. The molecule has 1 aromatic carbocycles. The van der Waals surface area contributed by atoms with Gasteiger partial charge in [0.2, 0.25) is 0 Å². The number of ether oxygens (including phenoxy) is 1. The highest BCUT2D eigenvalue weighted by Gasteiger charge is 2.25. The van der Waals surface area contributed by atoms with Gasteiger partial charge in [0, 0.05) is 67.8 Å². The van der Waals surface area contributed by atoms with Crippen molar-refractivity contribution in [3.8, 4) is 11.4 Å². The highest BCUT2D eigenvalue weighted by molar-refractivity contribution is 7.18. The number of fused-ring (bicyclic) bond motifs is 2. The number of hydrogen-bond donors (Lipinski definition) is 1. The van der Waals surface area contributed by atoms with Gasteiger partial charge in [-0.1, -0.05) is 18.2 Å². The fraction of sp³-hybridized carbons (Fsp3) is 0.407. The number of benzene rings is 1. The van der Waals surface area contributed by atoms with Gasteiger partial charge in [0.05, 0.1) is 24.1 Å². The number of pyridine rings is 1. The van der Waals surface area contributed by atoms with Crippen molar-refractivity contribution in [2.75, 3.05) is 57.4 Å². The van der Waals surface area contributed by atoms with E-state index in [1.807, 2.05) is 24.4 Å². The molecule has 1 atom stereocenters. The molecule has 1 N–H and O–H groups in total. The summed E-state index contributed by atoms with van der Waals surface area (Å²) in [5.74, 6) is 1.44. The molecule has 1 amide bonds. The lowest BCUT2D eigenvalue weighted by molar-refractivity contribution is -0.141. The molecule has 37 heavy (non-hydrogen) atoms. The van der Waals surface area contributed by atoms with E-state index in [0.717, 1.165) is 65.2 Å². The third kappa shape index (κ3) is 5.02. The predicted octanol–water partition coefficient (Wildman–Crippen LogP) is 2.77. The Bertz CT molecular complexity index is 1430. The van der Waals surface area contributed by atoms with Crippen molar-refractivity contribution in [1.82, 2.24) is 24.8 Å². The first-order valence-corrected chi connectivity index (χ1v) is 13.5. The van der Waals surface area contributed by atoms with E-state index in [1.165, 1.54) is 11.8 Å². The smallest absolute Gasteiger partial charge is 0.251 e. The van der Waals surface area contributed by atoms with Crippen LogP contribution in [0.5, 0.6) is 0 Å². The highest BCUT2D eigenvalue weighted by atomic mass is 32.1. The summed E-state index contributed by atoms with van der Waals surface area (Å²) in [7, 11) is 0. The summed E-state index contributed by atoms with van der Waals surface area (Å²) >= 11 is 1.70. The van der Waals surface area contributed by atoms with Gasteiger partial charge in [0.25, 0.3) is 5.91 Å². The van der Waals surface area contributed by atoms with E-state index in [4.69, 9.17) is 14.7 Å². The third-order valence-electron chi connectivity index (χ3n) is 7.00.